The minimum Gasteiger partial charge on any atom is -0.369 e. The maximum Gasteiger partial charge on any atom is 0.430 e. The topological polar surface area (TPSA) is 49.3 Å². The Morgan fingerprint density at radius 1 is 0.786 bits per heavy atom. The molecule has 0 fully saturated rings. The second-order valence-electron chi connectivity index (χ2n) is 6.32. The Morgan fingerprint density at radius 2 is 1.29 bits per heavy atom. The lowest BCUT2D eigenvalue weighted by atomic mass is 9.90. The van der Waals surface area contributed by atoms with E-state index in [4.69, 9.17) is 0 Å². The van der Waals surface area contributed by atoms with Gasteiger partial charge in [-0.2, -0.15) is 13.2 Å². The molecule has 1 amide bonds. The van der Waals surface area contributed by atoms with Crippen LogP contribution in [0, 0.1) is 0 Å². The van der Waals surface area contributed by atoms with Gasteiger partial charge in [-0.05, 0) is 16.7 Å². The number of amides is 1. The van der Waals surface area contributed by atoms with Crippen LogP contribution in [0.15, 0.2) is 84.9 Å². The summed E-state index contributed by atoms with van der Waals surface area (Å²) in [7, 11) is 0. The molecule has 0 aliphatic heterocycles. The standard InChI is InChI=1S/C22H18F3NO2/c23-22(24,25)21(28,20(27)26-15-16-7-3-1-4-8-16)19-13-11-18(12-14-19)17-9-5-2-6-10-17/h1-14,28H,15H2,(H,26,27)/t21-/m1/s1. The predicted molar refractivity (Wildman–Crippen MR) is 100 cm³/mol. The zero-order valence-corrected chi connectivity index (χ0v) is 14.8. The van der Waals surface area contributed by atoms with Crippen LogP contribution in [0.5, 0.6) is 0 Å². The van der Waals surface area contributed by atoms with Crippen molar-refractivity contribution in [2.45, 2.75) is 18.3 Å². The Hall–Kier alpha value is -3.12. The van der Waals surface area contributed by atoms with Crippen LogP contribution >= 0.6 is 0 Å². The van der Waals surface area contributed by atoms with Gasteiger partial charge in [0, 0.05) is 12.1 Å². The zero-order valence-electron chi connectivity index (χ0n) is 14.8. The smallest absolute Gasteiger partial charge is 0.369 e. The summed E-state index contributed by atoms with van der Waals surface area (Å²) < 4.78 is 41.0. The van der Waals surface area contributed by atoms with Crippen molar-refractivity contribution < 1.29 is 23.1 Å². The van der Waals surface area contributed by atoms with Gasteiger partial charge in [0.2, 0.25) is 0 Å². The Kier molecular flexibility index (Phi) is 5.51. The van der Waals surface area contributed by atoms with Gasteiger partial charge in [0.1, 0.15) is 0 Å². The molecule has 0 unspecified atom stereocenters. The van der Waals surface area contributed by atoms with Gasteiger partial charge in [-0.15, -0.1) is 0 Å². The number of hydrogen-bond donors (Lipinski definition) is 2. The normalized spacial score (nSPS) is 13.6. The average Bonchev–Trinajstić information content (AvgIpc) is 2.72. The molecule has 144 valence electrons. The molecule has 2 N–H and O–H groups in total. The van der Waals surface area contributed by atoms with E-state index in [9.17, 15) is 23.1 Å². The van der Waals surface area contributed by atoms with Crippen LogP contribution in [0.25, 0.3) is 11.1 Å². The molecule has 3 aromatic carbocycles. The number of halogens is 3. The van der Waals surface area contributed by atoms with Gasteiger partial charge in [0.15, 0.2) is 0 Å². The summed E-state index contributed by atoms with van der Waals surface area (Å²) in [4.78, 5) is 12.4. The van der Waals surface area contributed by atoms with E-state index in [1.165, 1.54) is 12.1 Å². The molecular weight excluding hydrogens is 367 g/mol. The lowest BCUT2D eigenvalue weighted by Crippen LogP contribution is -2.54. The van der Waals surface area contributed by atoms with Gasteiger partial charge in [-0.1, -0.05) is 84.9 Å². The van der Waals surface area contributed by atoms with E-state index in [0.29, 0.717) is 11.1 Å². The number of alkyl halides is 3. The van der Waals surface area contributed by atoms with Gasteiger partial charge in [-0.3, -0.25) is 4.79 Å². The summed E-state index contributed by atoms with van der Waals surface area (Å²) in [5.74, 6) is -1.52. The maximum atomic E-state index is 13.7. The van der Waals surface area contributed by atoms with E-state index >= 15 is 0 Å². The van der Waals surface area contributed by atoms with E-state index in [1.54, 1.807) is 30.3 Å². The number of hydrogen-bond acceptors (Lipinski definition) is 2. The fraction of sp³-hybridized carbons (Fsp3) is 0.136. The molecule has 0 bridgehead atoms. The van der Waals surface area contributed by atoms with Gasteiger partial charge < -0.3 is 10.4 Å². The molecule has 0 heterocycles. The summed E-state index contributed by atoms with van der Waals surface area (Å²) in [6.07, 6.45) is -5.18. The van der Waals surface area contributed by atoms with Crippen LogP contribution in [0.2, 0.25) is 0 Å². The Morgan fingerprint density at radius 3 is 1.82 bits per heavy atom. The minimum atomic E-state index is -5.18. The van der Waals surface area contributed by atoms with Crippen molar-refractivity contribution in [3.63, 3.8) is 0 Å². The average molecular weight is 385 g/mol. The molecule has 3 aromatic rings. The molecule has 0 aliphatic rings. The van der Waals surface area contributed by atoms with Gasteiger partial charge >= 0.3 is 6.18 Å². The third-order valence-electron chi connectivity index (χ3n) is 4.44. The Bertz CT molecular complexity index is 926. The fourth-order valence-corrected chi connectivity index (χ4v) is 2.86. The summed E-state index contributed by atoms with van der Waals surface area (Å²) >= 11 is 0. The van der Waals surface area contributed by atoms with Gasteiger partial charge in [0.25, 0.3) is 11.5 Å². The first-order chi connectivity index (χ1) is 13.3. The van der Waals surface area contributed by atoms with Crippen LogP contribution in [0.4, 0.5) is 13.2 Å². The van der Waals surface area contributed by atoms with Crippen molar-refractivity contribution in [2.75, 3.05) is 0 Å². The molecule has 0 aliphatic carbocycles. The van der Waals surface area contributed by atoms with Gasteiger partial charge in [-0.25, -0.2) is 0 Å². The summed E-state index contributed by atoms with van der Waals surface area (Å²) in [6.45, 7) is -0.125. The molecule has 3 rings (SSSR count). The van der Waals surface area contributed by atoms with Gasteiger partial charge in [0.05, 0.1) is 0 Å². The highest BCUT2D eigenvalue weighted by molar-refractivity contribution is 5.87. The summed E-state index contributed by atoms with van der Waals surface area (Å²) in [5, 5.41) is 12.6. The predicted octanol–water partition coefficient (Wildman–Crippen LogP) is 4.42. The quantitative estimate of drug-likeness (QED) is 0.683. The molecule has 28 heavy (non-hydrogen) atoms. The number of carbonyl (C=O) groups excluding carboxylic acids is 1. The number of benzene rings is 3. The fourth-order valence-electron chi connectivity index (χ4n) is 2.86. The Balaban J connectivity index is 1.87. The molecule has 0 saturated carbocycles. The molecule has 6 heteroatoms. The molecular formula is C22H18F3NO2. The number of rotatable bonds is 5. The monoisotopic (exact) mass is 385 g/mol. The summed E-state index contributed by atoms with van der Waals surface area (Å²) in [6, 6.07) is 22.7. The van der Waals surface area contributed by atoms with Crippen molar-refractivity contribution >= 4 is 5.91 Å². The third-order valence-corrected chi connectivity index (χ3v) is 4.44. The van der Waals surface area contributed by atoms with E-state index in [1.807, 2.05) is 30.3 Å². The molecule has 3 nitrogen and oxygen atoms in total. The summed E-state index contributed by atoms with van der Waals surface area (Å²) in [5.41, 5.74) is -2.06. The second kappa shape index (κ2) is 7.86. The van der Waals surface area contributed by atoms with Crippen molar-refractivity contribution in [3.05, 3.63) is 96.1 Å². The highest BCUT2D eigenvalue weighted by Gasteiger charge is 2.60. The van der Waals surface area contributed by atoms with E-state index in [-0.39, 0.29) is 6.54 Å². The van der Waals surface area contributed by atoms with Crippen LogP contribution in [0.1, 0.15) is 11.1 Å². The lowest BCUT2D eigenvalue weighted by molar-refractivity contribution is -0.257. The van der Waals surface area contributed by atoms with E-state index in [0.717, 1.165) is 17.7 Å². The largest absolute Gasteiger partial charge is 0.430 e. The minimum absolute atomic E-state index is 0.125. The van der Waals surface area contributed by atoms with E-state index < -0.39 is 23.2 Å². The zero-order chi connectivity index (χ0) is 20.2. The van der Waals surface area contributed by atoms with Crippen molar-refractivity contribution in [2.24, 2.45) is 0 Å². The number of aliphatic hydroxyl groups is 1. The molecule has 0 aromatic heterocycles. The van der Waals surface area contributed by atoms with Crippen molar-refractivity contribution in [3.8, 4) is 11.1 Å². The first-order valence-corrected chi connectivity index (χ1v) is 8.59. The first-order valence-electron chi connectivity index (χ1n) is 8.59. The van der Waals surface area contributed by atoms with Crippen LogP contribution < -0.4 is 5.32 Å². The highest BCUT2D eigenvalue weighted by atomic mass is 19.4. The number of nitrogens with one attached hydrogen (secondary N) is 1. The highest BCUT2D eigenvalue weighted by Crippen LogP contribution is 2.40. The molecule has 0 saturated heterocycles. The lowest BCUT2D eigenvalue weighted by Gasteiger charge is -2.29. The Labute approximate surface area is 160 Å². The van der Waals surface area contributed by atoms with Crippen LogP contribution in [-0.2, 0) is 16.9 Å². The van der Waals surface area contributed by atoms with Crippen molar-refractivity contribution in [1.82, 2.24) is 5.32 Å². The first kappa shape index (κ1) is 19.6. The number of carbonyl (C=O) groups is 1. The second-order valence-corrected chi connectivity index (χ2v) is 6.32. The molecule has 0 spiro atoms. The molecule has 1 atom stereocenters. The third kappa shape index (κ3) is 3.92. The molecule has 0 radical (unpaired) electrons. The van der Waals surface area contributed by atoms with Crippen LogP contribution in [-0.4, -0.2) is 17.2 Å². The maximum absolute atomic E-state index is 13.7. The van der Waals surface area contributed by atoms with E-state index in [2.05, 4.69) is 5.32 Å². The SMILES string of the molecule is O=C(NCc1ccccc1)[C@](O)(c1ccc(-c2ccccc2)cc1)C(F)(F)F. The van der Waals surface area contributed by atoms with Crippen molar-refractivity contribution in [1.29, 1.82) is 0 Å². The van der Waals surface area contributed by atoms with Crippen LogP contribution in [0.3, 0.4) is 0 Å².